The zero-order valence-electron chi connectivity index (χ0n) is 17.7. The van der Waals surface area contributed by atoms with Crippen molar-refractivity contribution in [2.24, 2.45) is 5.92 Å². The molecule has 2 aliphatic rings. The van der Waals surface area contributed by atoms with Crippen LogP contribution in [0.5, 0.6) is 11.5 Å². The molecule has 1 saturated heterocycles. The predicted molar refractivity (Wildman–Crippen MR) is 118 cm³/mol. The summed E-state index contributed by atoms with van der Waals surface area (Å²) < 4.78 is 11.8. The molecule has 0 unspecified atom stereocenters. The monoisotopic (exact) mass is 443 g/mol. The molecule has 2 amide bonds. The van der Waals surface area contributed by atoms with Crippen molar-refractivity contribution in [3.63, 3.8) is 0 Å². The number of pyridine rings is 1. The Bertz CT molecular complexity index is 969. The molecular formula is C23H26ClN3O4. The van der Waals surface area contributed by atoms with Gasteiger partial charge >= 0.3 is 0 Å². The molecule has 0 bridgehead atoms. The third-order valence-electron chi connectivity index (χ3n) is 5.60. The van der Waals surface area contributed by atoms with Crippen LogP contribution in [0.1, 0.15) is 32.3 Å². The number of hydrogen-bond acceptors (Lipinski definition) is 5. The Hall–Kier alpha value is -2.80. The normalized spacial score (nSPS) is 17.6. The van der Waals surface area contributed by atoms with Crippen molar-refractivity contribution in [2.75, 3.05) is 25.0 Å². The molecule has 8 heteroatoms. The van der Waals surface area contributed by atoms with Gasteiger partial charge in [-0.25, -0.2) is 4.98 Å². The number of nitrogens with one attached hydrogen (secondary N) is 1. The van der Waals surface area contributed by atoms with Gasteiger partial charge in [0, 0.05) is 37.2 Å². The maximum atomic E-state index is 12.6. The highest BCUT2D eigenvalue weighted by Crippen LogP contribution is 2.41. The number of piperidine rings is 1. The molecule has 164 valence electrons. The largest absolute Gasteiger partial charge is 0.483 e. The number of amides is 2. The number of anilines is 1. The van der Waals surface area contributed by atoms with E-state index in [0.29, 0.717) is 42.5 Å². The number of benzene rings is 1. The molecule has 2 aliphatic heterocycles. The molecule has 1 fully saturated rings. The van der Waals surface area contributed by atoms with Crippen LogP contribution >= 0.6 is 11.6 Å². The van der Waals surface area contributed by atoms with Crippen LogP contribution in [-0.2, 0) is 16.0 Å². The van der Waals surface area contributed by atoms with E-state index in [-0.39, 0.29) is 29.9 Å². The number of fused-ring (bicyclic) bond motifs is 1. The summed E-state index contributed by atoms with van der Waals surface area (Å²) in [6.45, 7) is 5.05. The van der Waals surface area contributed by atoms with Gasteiger partial charge in [0.05, 0.1) is 5.02 Å². The van der Waals surface area contributed by atoms with Gasteiger partial charge in [0.25, 0.3) is 5.91 Å². The van der Waals surface area contributed by atoms with E-state index in [0.717, 1.165) is 17.7 Å². The fourth-order valence-corrected chi connectivity index (χ4v) is 4.11. The van der Waals surface area contributed by atoms with Crippen molar-refractivity contribution in [3.05, 3.63) is 47.1 Å². The highest BCUT2D eigenvalue weighted by atomic mass is 35.5. The number of hydrogen-bond donors (Lipinski definition) is 1. The second-order valence-electron chi connectivity index (χ2n) is 8.58. The Morgan fingerprint density at radius 2 is 2.03 bits per heavy atom. The first-order valence-electron chi connectivity index (χ1n) is 10.4. The van der Waals surface area contributed by atoms with Crippen LogP contribution < -0.4 is 14.8 Å². The van der Waals surface area contributed by atoms with Crippen LogP contribution in [0.4, 0.5) is 5.82 Å². The van der Waals surface area contributed by atoms with Gasteiger partial charge in [0.15, 0.2) is 18.1 Å². The third-order valence-corrected chi connectivity index (χ3v) is 5.83. The van der Waals surface area contributed by atoms with Crippen LogP contribution in [0.3, 0.4) is 0 Å². The van der Waals surface area contributed by atoms with Crippen molar-refractivity contribution < 1.29 is 19.1 Å². The van der Waals surface area contributed by atoms with Crippen LogP contribution in [0.15, 0.2) is 36.5 Å². The number of carbonyl (C=O) groups is 2. The fourth-order valence-electron chi connectivity index (χ4n) is 4.00. The highest BCUT2D eigenvalue weighted by Gasteiger charge is 2.33. The smallest absolute Gasteiger partial charge is 0.260 e. The molecule has 4 rings (SSSR count). The molecule has 0 atom stereocenters. The Balaban J connectivity index is 1.26. The summed E-state index contributed by atoms with van der Waals surface area (Å²) in [5, 5.41) is 3.33. The first-order chi connectivity index (χ1) is 14.8. The first kappa shape index (κ1) is 21.4. The van der Waals surface area contributed by atoms with Crippen molar-refractivity contribution in [1.29, 1.82) is 0 Å². The molecule has 1 N–H and O–H groups in total. The standard InChI is InChI=1S/C23H26ClN3O4/c1-23(2)12-16-4-3-5-18(21(16)31-23)30-14-20(28)27-10-8-15(9-11-27)22(29)26-19-7-6-17(24)13-25-19/h3-7,13,15H,8-12,14H2,1-2H3,(H,25,26,29). The predicted octanol–water partition coefficient (Wildman–Crippen LogP) is 3.70. The fraction of sp³-hybridized carbons (Fsp3) is 0.435. The zero-order chi connectivity index (χ0) is 22.0. The Morgan fingerprint density at radius 1 is 1.26 bits per heavy atom. The minimum absolute atomic E-state index is 0.0498. The van der Waals surface area contributed by atoms with Gasteiger partial charge in [-0.1, -0.05) is 23.7 Å². The first-order valence-corrected chi connectivity index (χ1v) is 10.8. The molecule has 0 saturated carbocycles. The molecule has 1 aromatic heterocycles. The van der Waals surface area contributed by atoms with Gasteiger partial charge in [-0.15, -0.1) is 0 Å². The van der Waals surface area contributed by atoms with Crippen LogP contribution in [0.25, 0.3) is 0 Å². The minimum Gasteiger partial charge on any atom is -0.483 e. The summed E-state index contributed by atoms with van der Waals surface area (Å²) in [5.74, 6) is 1.47. The summed E-state index contributed by atoms with van der Waals surface area (Å²) in [7, 11) is 0. The molecule has 31 heavy (non-hydrogen) atoms. The molecule has 3 heterocycles. The Kier molecular flexibility index (Phi) is 6.05. The average molecular weight is 444 g/mol. The SMILES string of the molecule is CC1(C)Cc2cccc(OCC(=O)N3CCC(C(=O)Nc4ccc(Cl)cn4)CC3)c2O1. The summed E-state index contributed by atoms with van der Waals surface area (Å²) in [5.41, 5.74) is 0.826. The summed E-state index contributed by atoms with van der Waals surface area (Å²) in [6.07, 6.45) is 3.51. The highest BCUT2D eigenvalue weighted by molar-refractivity contribution is 6.30. The van der Waals surface area contributed by atoms with Gasteiger partial charge in [0.2, 0.25) is 5.91 Å². The second-order valence-corrected chi connectivity index (χ2v) is 9.01. The van der Waals surface area contributed by atoms with E-state index in [2.05, 4.69) is 10.3 Å². The lowest BCUT2D eigenvalue weighted by atomic mass is 9.96. The molecule has 0 radical (unpaired) electrons. The van der Waals surface area contributed by atoms with Gasteiger partial charge in [0.1, 0.15) is 11.4 Å². The molecule has 0 spiro atoms. The van der Waals surface area contributed by atoms with E-state index in [1.807, 2.05) is 32.0 Å². The van der Waals surface area contributed by atoms with E-state index in [4.69, 9.17) is 21.1 Å². The number of aromatic nitrogens is 1. The summed E-state index contributed by atoms with van der Waals surface area (Å²) in [6, 6.07) is 9.12. The number of carbonyl (C=O) groups excluding carboxylic acids is 2. The maximum Gasteiger partial charge on any atom is 0.260 e. The Morgan fingerprint density at radius 3 is 2.74 bits per heavy atom. The molecule has 2 aromatic rings. The van der Waals surface area contributed by atoms with E-state index in [1.165, 1.54) is 6.20 Å². The molecule has 0 aliphatic carbocycles. The van der Waals surface area contributed by atoms with Crippen molar-refractivity contribution in [3.8, 4) is 11.5 Å². The number of likely N-dealkylation sites (tertiary alicyclic amines) is 1. The topological polar surface area (TPSA) is 80.8 Å². The quantitative estimate of drug-likeness (QED) is 0.762. The van der Waals surface area contributed by atoms with Gasteiger partial charge in [-0.05, 0) is 44.9 Å². The third kappa shape index (κ3) is 5.10. The summed E-state index contributed by atoms with van der Waals surface area (Å²) in [4.78, 5) is 30.9. The molecule has 7 nitrogen and oxygen atoms in total. The Labute approximate surface area is 186 Å². The minimum atomic E-state index is -0.268. The lowest BCUT2D eigenvalue weighted by molar-refractivity contribution is -0.136. The van der Waals surface area contributed by atoms with Gasteiger partial charge < -0.3 is 19.7 Å². The number of rotatable bonds is 5. The number of ether oxygens (including phenoxy) is 2. The van der Waals surface area contributed by atoms with E-state index < -0.39 is 0 Å². The second kappa shape index (κ2) is 8.75. The summed E-state index contributed by atoms with van der Waals surface area (Å²) >= 11 is 5.82. The molecule has 1 aromatic carbocycles. The van der Waals surface area contributed by atoms with E-state index in [1.54, 1.807) is 17.0 Å². The van der Waals surface area contributed by atoms with Crippen molar-refractivity contribution in [1.82, 2.24) is 9.88 Å². The van der Waals surface area contributed by atoms with Crippen LogP contribution in [0, 0.1) is 5.92 Å². The van der Waals surface area contributed by atoms with Gasteiger partial charge in [-0.3, -0.25) is 9.59 Å². The van der Waals surface area contributed by atoms with Crippen LogP contribution in [0.2, 0.25) is 5.02 Å². The zero-order valence-corrected chi connectivity index (χ0v) is 18.4. The van der Waals surface area contributed by atoms with E-state index >= 15 is 0 Å². The van der Waals surface area contributed by atoms with Gasteiger partial charge in [-0.2, -0.15) is 0 Å². The average Bonchev–Trinajstić information content (AvgIpc) is 3.08. The molecular weight excluding hydrogens is 418 g/mol. The number of para-hydroxylation sites is 1. The number of nitrogens with zero attached hydrogens (tertiary/aromatic N) is 2. The lowest BCUT2D eigenvalue weighted by Crippen LogP contribution is -2.43. The van der Waals surface area contributed by atoms with Crippen LogP contribution in [-0.4, -0.2) is 47.0 Å². The number of halogens is 1. The van der Waals surface area contributed by atoms with E-state index in [9.17, 15) is 9.59 Å². The van der Waals surface area contributed by atoms with Crippen molar-refractivity contribution >= 4 is 29.2 Å². The maximum absolute atomic E-state index is 12.6. The lowest BCUT2D eigenvalue weighted by Gasteiger charge is -2.31. The van der Waals surface area contributed by atoms with Crippen molar-refractivity contribution in [2.45, 2.75) is 38.7 Å².